The maximum absolute atomic E-state index is 12.3. The van der Waals surface area contributed by atoms with Gasteiger partial charge in [0.15, 0.2) is 0 Å². The van der Waals surface area contributed by atoms with Gasteiger partial charge in [0.25, 0.3) is 5.91 Å². The van der Waals surface area contributed by atoms with E-state index in [-0.39, 0.29) is 5.91 Å². The van der Waals surface area contributed by atoms with Crippen LogP contribution < -0.4 is 5.32 Å². The molecule has 1 aliphatic heterocycles. The van der Waals surface area contributed by atoms with E-state index in [2.05, 4.69) is 10.3 Å². The quantitative estimate of drug-likeness (QED) is 0.941. The molecule has 1 atom stereocenters. The summed E-state index contributed by atoms with van der Waals surface area (Å²) >= 11 is 0. The second kappa shape index (κ2) is 5.48. The minimum absolute atomic E-state index is 0.0454. The second-order valence-electron chi connectivity index (χ2n) is 5.85. The van der Waals surface area contributed by atoms with Crippen molar-refractivity contribution in [2.45, 2.75) is 45.3 Å². The van der Waals surface area contributed by atoms with Crippen LogP contribution in [0.15, 0.2) is 24.4 Å². The summed E-state index contributed by atoms with van der Waals surface area (Å²) in [6.45, 7) is 5.00. The Bertz CT molecular complexity index is 657. The molecule has 1 saturated heterocycles. The standard InChI is InChI=1S/C16H21N3O2/c1-12-6-5-7-14-18-13(11-19(12)14)10-17-15(20)16(2)8-3-4-9-21-16/h5-7,11H,3-4,8-10H2,1-2H3,(H,17,20)/t16-/m0/s1. The summed E-state index contributed by atoms with van der Waals surface area (Å²) in [4.78, 5) is 16.8. The molecule has 21 heavy (non-hydrogen) atoms. The topological polar surface area (TPSA) is 55.6 Å². The Morgan fingerprint density at radius 3 is 3.05 bits per heavy atom. The van der Waals surface area contributed by atoms with Crippen molar-refractivity contribution in [2.24, 2.45) is 0 Å². The molecule has 0 unspecified atom stereocenters. The number of carbonyl (C=O) groups excluding carboxylic acids is 1. The summed E-state index contributed by atoms with van der Waals surface area (Å²) < 4.78 is 7.68. The van der Waals surface area contributed by atoms with Gasteiger partial charge in [-0.2, -0.15) is 0 Å². The number of imidazole rings is 1. The third-order valence-electron chi connectivity index (χ3n) is 4.12. The first-order chi connectivity index (χ1) is 10.1. The lowest BCUT2D eigenvalue weighted by Gasteiger charge is -2.32. The molecule has 1 fully saturated rings. The first-order valence-electron chi connectivity index (χ1n) is 7.44. The Labute approximate surface area is 124 Å². The molecule has 0 aliphatic carbocycles. The summed E-state index contributed by atoms with van der Waals surface area (Å²) in [5.41, 5.74) is 2.20. The Balaban J connectivity index is 1.68. The van der Waals surface area contributed by atoms with Crippen molar-refractivity contribution in [3.8, 4) is 0 Å². The SMILES string of the molecule is Cc1cccc2nc(CNC(=O)[C@]3(C)CCCCO3)cn12. The van der Waals surface area contributed by atoms with Crippen LogP contribution in [0.5, 0.6) is 0 Å². The minimum Gasteiger partial charge on any atom is -0.365 e. The van der Waals surface area contributed by atoms with E-state index in [0.717, 1.165) is 36.3 Å². The normalized spacial score (nSPS) is 22.4. The van der Waals surface area contributed by atoms with E-state index in [4.69, 9.17) is 4.74 Å². The number of hydrogen-bond acceptors (Lipinski definition) is 3. The largest absolute Gasteiger partial charge is 0.365 e. The van der Waals surface area contributed by atoms with Gasteiger partial charge < -0.3 is 14.5 Å². The zero-order chi connectivity index (χ0) is 14.9. The van der Waals surface area contributed by atoms with Crippen LogP contribution in [0.2, 0.25) is 0 Å². The highest BCUT2D eigenvalue weighted by atomic mass is 16.5. The monoisotopic (exact) mass is 287 g/mol. The number of aryl methyl sites for hydroxylation is 1. The number of amides is 1. The van der Waals surface area contributed by atoms with Crippen molar-refractivity contribution < 1.29 is 9.53 Å². The van der Waals surface area contributed by atoms with Gasteiger partial charge in [-0.3, -0.25) is 4.79 Å². The number of hydrogen-bond donors (Lipinski definition) is 1. The zero-order valence-corrected chi connectivity index (χ0v) is 12.6. The maximum Gasteiger partial charge on any atom is 0.252 e. The third-order valence-corrected chi connectivity index (χ3v) is 4.12. The molecule has 3 rings (SSSR count). The van der Waals surface area contributed by atoms with E-state index < -0.39 is 5.60 Å². The van der Waals surface area contributed by atoms with Gasteiger partial charge in [0.2, 0.25) is 0 Å². The molecule has 5 nitrogen and oxygen atoms in total. The van der Waals surface area contributed by atoms with Crippen LogP contribution in [0.1, 0.15) is 37.6 Å². The lowest BCUT2D eigenvalue weighted by molar-refractivity contribution is -0.150. The fourth-order valence-electron chi connectivity index (χ4n) is 2.75. The average molecular weight is 287 g/mol. The highest BCUT2D eigenvalue weighted by Crippen LogP contribution is 2.24. The van der Waals surface area contributed by atoms with E-state index in [0.29, 0.717) is 13.2 Å². The van der Waals surface area contributed by atoms with E-state index in [1.165, 1.54) is 0 Å². The molecule has 1 aliphatic rings. The van der Waals surface area contributed by atoms with Gasteiger partial charge in [0.1, 0.15) is 11.2 Å². The summed E-state index contributed by atoms with van der Waals surface area (Å²) in [5, 5.41) is 2.95. The fraction of sp³-hybridized carbons (Fsp3) is 0.500. The van der Waals surface area contributed by atoms with Gasteiger partial charge >= 0.3 is 0 Å². The van der Waals surface area contributed by atoms with Crippen LogP contribution in [-0.2, 0) is 16.1 Å². The third kappa shape index (κ3) is 2.78. The smallest absolute Gasteiger partial charge is 0.252 e. The van der Waals surface area contributed by atoms with E-state index in [9.17, 15) is 4.79 Å². The van der Waals surface area contributed by atoms with Gasteiger partial charge in [-0.1, -0.05) is 6.07 Å². The lowest BCUT2D eigenvalue weighted by Crippen LogP contribution is -2.48. The summed E-state index contributed by atoms with van der Waals surface area (Å²) in [6, 6.07) is 5.98. The number of rotatable bonds is 3. The Hall–Kier alpha value is -1.88. The van der Waals surface area contributed by atoms with Crippen molar-refractivity contribution in [1.29, 1.82) is 0 Å². The van der Waals surface area contributed by atoms with Gasteiger partial charge in [0, 0.05) is 18.5 Å². The van der Waals surface area contributed by atoms with Crippen LogP contribution in [0, 0.1) is 6.92 Å². The second-order valence-corrected chi connectivity index (χ2v) is 5.85. The highest BCUT2D eigenvalue weighted by Gasteiger charge is 2.35. The molecule has 0 radical (unpaired) electrons. The summed E-state index contributed by atoms with van der Waals surface area (Å²) in [6.07, 6.45) is 4.82. The number of aromatic nitrogens is 2. The number of ether oxygens (including phenoxy) is 1. The van der Waals surface area contributed by atoms with Crippen LogP contribution in [0.25, 0.3) is 5.65 Å². The predicted molar refractivity (Wildman–Crippen MR) is 80.0 cm³/mol. The Kier molecular flexibility index (Phi) is 3.68. The Morgan fingerprint density at radius 1 is 1.48 bits per heavy atom. The average Bonchev–Trinajstić information content (AvgIpc) is 2.90. The van der Waals surface area contributed by atoms with Crippen molar-refractivity contribution in [3.05, 3.63) is 35.8 Å². The van der Waals surface area contributed by atoms with Gasteiger partial charge in [0.05, 0.1) is 12.2 Å². The lowest BCUT2D eigenvalue weighted by atomic mass is 9.95. The summed E-state index contributed by atoms with van der Waals surface area (Å²) in [7, 11) is 0. The van der Waals surface area contributed by atoms with Crippen molar-refractivity contribution in [1.82, 2.24) is 14.7 Å². The van der Waals surface area contributed by atoms with Crippen molar-refractivity contribution in [2.75, 3.05) is 6.61 Å². The first-order valence-corrected chi connectivity index (χ1v) is 7.44. The van der Waals surface area contributed by atoms with E-state index in [1.807, 2.05) is 42.6 Å². The van der Waals surface area contributed by atoms with Crippen molar-refractivity contribution in [3.63, 3.8) is 0 Å². The van der Waals surface area contributed by atoms with Gasteiger partial charge in [-0.25, -0.2) is 4.98 Å². The van der Waals surface area contributed by atoms with E-state index in [1.54, 1.807) is 0 Å². The molecule has 112 valence electrons. The van der Waals surface area contributed by atoms with Crippen molar-refractivity contribution >= 4 is 11.6 Å². The molecule has 1 amide bonds. The Morgan fingerprint density at radius 2 is 2.33 bits per heavy atom. The molecule has 2 aromatic heterocycles. The fourth-order valence-corrected chi connectivity index (χ4v) is 2.75. The zero-order valence-electron chi connectivity index (χ0n) is 12.6. The molecule has 0 spiro atoms. The van der Waals surface area contributed by atoms with Crippen LogP contribution in [0.4, 0.5) is 0 Å². The number of fused-ring (bicyclic) bond motifs is 1. The molecule has 0 bridgehead atoms. The number of nitrogens with one attached hydrogen (secondary N) is 1. The highest BCUT2D eigenvalue weighted by molar-refractivity contribution is 5.84. The number of nitrogens with zero attached hydrogens (tertiary/aromatic N) is 2. The predicted octanol–water partition coefficient (Wildman–Crippen LogP) is 2.22. The molecule has 2 aromatic rings. The molecular weight excluding hydrogens is 266 g/mol. The van der Waals surface area contributed by atoms with Gasteiger partial charge in [-0.05, 0) is 45.2 Å². The molecule has 3 heterocycles. The summed E-state index contributed by atoms with van der Waals surface area (Å²) in [5.74, 6) is -0.0454. The first kappa shape index (κ1) is 14.1. The molecule has 1 N–H and O–H groups in total. The maximum atomic E-state index is 12.3. The minimum atomic E-state index is -0.687. The van der Waals surface area contributed by atoms with Crippen LogP contribution in [-0.4, -0.2) is 27.5 Å². The van der Waals surface area contributed by atoms with E-state index >= 15 is 0 Å². The molecule has 0 aromatic carbocycles. The number of pyridine rings is 1. The molecule has 0 saturated carbocycles. The molecule has 5 heteroatoms. The number of carbonyl (C=O) groups is 1. The van der Waals surface area contributed by atoms with Crippen LogP contribution in [0.3, 0.4) is 0 Å². The van der Waals surface area contributed by atoms with Crippen LogP contribution >= 0.6 is 0 Å². The molecular formula is C16H21N3O2. The van der Waals surface area contributed by atoms with Gasteiger partial charge in [-0.15, -0.1) is 0 Å².